The van der Waals surface area contributed by atoms with E-state index in [1.165, 1.54) is 0 Å². The Morgan fingerprint density at radius 3 is 1.83 bits per heavy atom. The normalized spacial score (nSPS) is 11.8. The second kappa shape index (κ2) is 11.3. The fraction of sp³-hybridized carbons (Fsp3) is 0.172. The van der Waals surface area contributed by atoms with Crippen LogP contribution >= 0.6 is 0 Å². The summed E-state index contributed by atoms with van der Waals surface area (Å²) in [6, 6.07) is 30.5. The van der Waals surface area contributed by atoms with E-state index in [2.05, 4.69) is 46.5 Å². The maximum absolute atomic E-state index is 12.0. The molecule has 7 heteroatoms. The Labute approximate surface area is 209 Å². The molecule has 0 fully saturated rings. The van der Waals surface area contributed by atoms with Crippen molar-refractivity contribution in [1.82, 2.24) is 9.55 Å². The van der Waals surface area contributed by atoms with Gasteiger partial charge in [0.1, 0.15) is 5.54 Å². The first-order valence-electron chi connectivity index (χ1n) is 11.7. The summed E-state index contributed by atoms with van der Waals surface area (Å²) in [7, 11) is 0. The Morgan fingerprint density at radius 1 is 0.889 bits per heavy atom. The van der Waals surface area contributed by atoms with Crippen LogP contribution in [0.4, 0.5) is 0 Å². The van der Waals surface area contributed by atoms with Gasteiger partial charge in [0.05, 0.1) is 12.0 Å². The third-order valence-corrected chi connectivity index (χ3v) is 5.91. The van der Waals surface area contributed by atoms with Crippen LogP contribution in [0.1, 0.15) is 42.1 Å². The molecule has 182 valence electrons. The van der Waals surface area contributed by atoms with E-state index in [0.717, 1.165) is 16.7 Å². The van der Waals surface area contributed by atoms with Gasteiger partial charge in [-0.05, 0) is 23.1 Å². The molecule has 1 N–H and O–H groups in total. The second-order valence-electron chi connectivity index (χ2n) is 8.27. The van der Waals surface area contributed by atoms with Crippen molar-refractivity contribution in [2.45, 2.75) is 31.9 Å². The number of oxime groups is 1. The molecule has 7 nitrogen and oxygen atoms in total. The predicted octanol–water partition coefficient (Wildman–Crippen LogP) is 5.05. The molecule has 1 heterocycles. The molecule has 4 aromatic rings. The molecule has 0 bridgehead atoms. The number of carboxylic acids is 1. The van der Waals surface area contributed by atoms with Gasteiger partial charge in [0.2, 0.25) is 5.71 Å². The molecule has 36 heavy (non-hydrogen) atoms. The first-order chi connectivity index (χ1) is 17.6. The highest BCUT2D eigenvalue weighted by molar-refractivity contribution is 6.63. The summed E-state index contributed by atoms with van der Waals surface area (Å²) in [6.07, 6.45) is 4.21. The molecule has 0 saturated heterocycles. The number of aromatic nitrogens is 2. The highest BCUT2D eigenvalue weighted by Gasteiger charge is 2.38. The summed E-state index contributed by atoms with van der Waals surface area (Å²) in [6.45, 7) is 1.71. The van der Waals surface area contributed by atoms with Crippen molar-refractivity contribution in [3.05, 3.63) is 126 Å². The number of aliphatic carboxylic acids is 1. The zero-order valence-corrected chi connectivity index (χ0v) is 19.9. The molecule has 0 saturated carbocycles. The molecular weight excluding hydrogens is 454 g/mol. The number of imidazole rings is 1. The van der Waals surface area contributed by atoms with Gasteiger partial charge in [-0.25, -0.2) is 9.78 Å². The molecule has 0 amide bonds. The first-order valence-corrected chi connectivity index (χ1v) is 11.7. The largest absolute Gasteiger partial charge is 0.476 e. The van der Waals surface area contributed by atoms with Gasteiger partial charge >= 0.3 is 5.97 Å². The smallest absolute Gasteiger partial charge is 0.361 e. The third-order valence-electron chi connectivity index (χ3n) is 5.91. The summed E-state index contributed by atoms with van der Waals surface area (Å²) < 4.78 is 2.02. The van der Waals surface area contributed by atoms with Crippen molar-refractivity contribution in [3.63, 3.8) is 0 Å². The molecule has 0 unspecified atom stereocenters. The number of hydrogen-bond donors (Lipinski definition) is 1. The number of nitrogens with zero attached hydrogens (tertiary/aromatic N) is 3. The number of Topliss-reactive ketones (excluding diaryl/α,β-unsaturated/α-hetero) is 1. The van der Waals surface area contributed by atoms with E-state index in [-0.39, 0.29) is 13.0 Å². The van der Waals surface area contributed by atoms with Crippen molar-refractivity contribution in [1.29, 1.82) is 0 Å². The van der Waals surface area contributed by atoms with Crippen molar-refractivity contribution in [2.24, 2.45) is 5.16 Å². The topological polar surface area (TPSA) is 93.8 Å². The lowest BCUT2D eigenvalue weighted by atomic mass is 9.77. The van der Waals surface area contributed by atoms with Crippen LogP contribution in [-0.2, 0) is 26.6 Å². The van der Waals surface area contributed by atoms with E-state index in [0.29, 0.717) is 12.1 Å². The second-order valence-corrected chi connectivity index (χ2v) is 8.27. The van der Waals surface area contributed by atoms with Gasteiger partial charge in [-0.15, -0.1) is 0 Å². The molecule has 0 radical (unpaired) electrons. The highest BCUT2D eigenvalue weighted by atomic mass is 16.6. The Balaban J connectivity index is 1.76. The molecule has 0 aliphatic heterocycles. The Hall–Kier alpha value is -4.52. The van der Waals surface area contributed by atoms with E-state index < -0.39 is 23.0 Å². The fourth-order valence-corrected chi connectivity index (χ4v) is 4.32. The molecule has 0 spiro atoms. The van der Waals surface area contributed by atoms with Crippen molar-refractivity contribution < 1.29 is 19.5 Å². The van der Waals surface area contributed by atoms with Gasteiger partial charge < -0.3 is 14.5 Å². The monoisotopic (exact) mass is 481 g/mol. The number of carbonyl (C=O) groups is 2. The van der Waals surface area contributed by atoms with Crippen LogP contribution in [0.3, 0.4) is 0 Å². The maximum Gasteiger partial charge on any atom is 0.361 e. The molecule has 0 aliphatic carbocycles. The van der Waals surface area contributed by atoms with Gasteiger partial charge in [0, 0.05) is 12.6 Å². The molecule has 0 atom stereocenters. The maximum atomic E-state index is 12.0. The summed E-state index contributed by atoms with van der Waals surface area (Å²) in [5, 5.41) is 12.9. The predicted molar refractivity (Wildman–Crippen MR) is 137 cm³/mol. The third kappa shape index (κ3) is 4.95. The van der Waals surface area contributed by atoms with Gasteiger partial charge in [-0.1, -0.05) is 103 Å². The number of carbonyl (C=O) groups excluding carboxylic acids is 1. The van der Waals surface area contributed by atoms with Crippen molar-refractivity contribution in [2.75, 3.05) is 0 Å². The summed E-state index contributed by atoms with van der Waals surface area (Å²) in [4.78, 5) is 33.2. The number of benzene rings is 3. The Bertz CT molecular complexity index is 1240. The van der Waals surface area contributed by atoms with E-state index in [9.17, 15) is 14.7 Å². The lowest BCUT2D eigenvalue weighted by molar-refractivity contribution is -0.130. The van der Waals surface area contributed by atoms with E-state index in [4.69, 9.17) is 4.84 Å². The number of hydrogen-bond acceptors (Lipinski definition) is 5. The Kier molecular flexibility index (Phi) is 7.70. The zero-order valence-electron chi connectivity index (χ0n) is 19.9. The van der Waals surface area contributed by atoms with Crippen LogP contribution in [0.2, 0.25) is 0 Å². The van der Waals surface area contributed by atoms with Gasteiger partial charge in [-0.2, -0.15) is 0 Å². The van der Waals surface area contributed by atoms with Crippen LogP contribution in [0.15, 0.2) is 109 Å². The van der Waals surface area contributed by atoms with Crippen LogP contribution in [0.25, 0.3) is 0 Å². The number of rotatable bonds is 11. The number of ketones is 1. The van der Waals surface area contributed by atoms with E-state index in [1.54, 1.807) is 13.3 Å². The summed E-state index contributed by atoms with van der Waals surface area (Å²) in [5.74, 6) is -1.97. The molecule has 3 aromatic carbocycles. The first kappa shape index (κ1) is 24.6. The average Bonchev–Trinajstić information content (AvgIpc) is 3.38. The van der Waals surface area contributed by atoms with Crippen LogP contribution < -0.4 is 0 Å². The Morgan fingerprint density at radius 2 is 1.39 bits per heavy atom. The minimum Gasteiger partial charge on any atom is -0.476 e. The molecule has 4 rings (SSSR count). The molecular formula is C29H27N3O4. The quantitative estimate of drug-likeness (QED) is 0.140. The lowest BCUT2D eigenvalue weighted by Gasteiger charge is -2.37. The summed E-state index contributed by atoms with van der Waals surface area (Å²) >= 11 is 0. The van der Waals surface area contributed by atoms with Gasteiger partial charge in [0.15, 0.2) is 12.4 Å². The van der Waals surface area contributed by atoms with Crippen LogP contribution in [-0.4, -0.2) is 32.1 Å². The van der Waals surface area contributed by atoms with E-state index >= 15 is 0 Å². The lowest BCUT2D eigenvalue weighted by Crippen LogP contribution is -2.36. The standard InChI is InChI=1S/C29H27N3O4/c1-2-12-26(33)27(28(34)35)31-36-20-25-19-32(21-30-25)29(22-13-6-3-7-14-22,23-15-8-4-9-16-23)24-17-10-5-11-18-24/h3-11,13-19,21H,2,12,20H2,1H3,(H,34,35). The van der Waals surface area contributed by atoms with Crippen molar-refractivity contribution in [3.8, 4) is 0 Å². The van der Waals surface area contributed by atoms with Gasteiger partial charge in [0.25, 0.3) is 0 Å². The SMILES string of the molecule is CCCC(=O)C(=NOCc1cn(C(c2ccccc2)(c2ccccc2)c2ccccc2)cn1)C(=O)O. The summed E-state index contributed by atoms with van der Waals surface area (Å²) in [5.41, 5.74) is 2.35. The van der Waals surface area contributed by atoms with Gasteiger partial charge in [-0.3, -0.25) is 4.79 Å². The average molecular weight is 482 g/mol. The molecule has 1 aromatic heterocycles. The minimum atomic E-state index is -1.41. The van der Waals surface area contributed by atoms with Crippen LogP contribution in [0, 0.1) is 0 Å². The van der Waals surface area contributed by atoms with Crippen molar-refractivity contribution >= 4 is 17.5 Å². The zero-order chi connectivity index (χ0) is 25.4. The highest BCUT2D eigenvalue weighted by Crippen LogP contribution is 2.40. The minimum absolute atomic E-state index is 0.0857. The number of carboxylic acid groups (broad SMARTS) is 1. The fourth-order valence-electron chi connectivity index (χ4n) is 4.32. The van der Waals surface area contributed by atoms with Crippen LogP contribution in [0.5, 0.6) is 0 Å². The molecule has 0 aliphatic rings. The van der Waals surface area contributed by atoms with E-state index in [1.807, 2.05) is 65.4 Å².